The first-order valence-electron chi connectivity index (χ1n) is 5.04. The van der Waals surface area contributed by atoms with Gasteiger partial charge in [0.2, 0.25) is 0 Å². The third-order valence-corrected chi connectivity index (χ3v) is 2.27. The van der Waals surface area contributed by atoms with Gasteiger partial charge in [0.25, 0.3) is 0 Å². The van der Waals surface area contributed by atoms with Crippen molar-refractivity contribution in [3.05, 3.63) is 0 Å². The van der Waals surface area contributed by atoms with Crippen molar-refractivity contribution in [2.75, 3.05) is 13.2 Å². The molecule has 3 heteroatoms. The summed E-state index contributed by atoms with van der Waals surface area (Å²) in [6.07, 6.45) is 2.11. The molecule has 0 aromatic carbocycles. The number of ether oxygens (including phenoxy) is 1. The molecule has 0 radical (unpaired) electrons. The Morgan fingerprint density at radius 3 is 2.46 bits per heavy atom. The van der Waals surface area contributed by atoms with Crippen LogP contribution >= 0.6 is 0 Å². The second-order valence-electron chi connectivity index (χ2n) is 3.36. The van der Waals surface area contributed by atoms with Gasteiger partial charge in [-0.3, -0.25) is 4.79 Å². The lowest BCUT2D eigenvalue weighted by Crippen LogP contribution is -2.31. The van der Waals surface area contributed by atoms with Crippen LogP contribution in [0.1, 0.15) is 33.6 Å². The number of carbonyl (C=O) groups excluding carboxylic acids is 1. The predicted octanol–water partition coefficient (Wildman–Crippen LogP) is 1.56. The molecule has 0 saturated heterocycles. The molecule has 0 spiro atoms. The Hall–Kier alpha value is -0.570. The number of hydrogen-bond donors (Lipinski definition) is 1. The normalized spacial score (nSPS) is 15.1. The van der Waals surface area contributed by atoms with Crippen molar-refractivity contribution in [2.24, 2.45) is 17.6 Å². The Labute approximate surface area is 80.6 Å². The van der Waals surface area contributed by atoms with Gasteiger partial charge in [0.15, 0.2) is 0 Å². The molecule has 0 amide bonds. The van der Waals surface area contributed by atoms with E-state index in [2.05, 4.69) is 13.8 Å². The number of carbonyl (C=O) groups is 1. The van der Waals surface area contributed by atoms with E-state index in [0.29, 0.717) is 19.1 Å². The van der Waals surface area contributed by atoms with Gasteiger partial charge in [-0.2, -0.15) is 0 Å². The van der Waals surface area contributed by atoms with Gasteiger partial charge in [0, 0.05) is 6.54 Å². The van der Waals surface area contributed by atoms with Crippen molar-refractivity contribution in [3.8, 4) is 0 Å². The maximum Gasteiger partial charge on any atom is 0.310 e. The third-order valence-electron chi connectivity index (χ3n) is 2.27. The molecule has 0 rings (SSSR count). The molecule has 0 aliphatic heterocycles. The van der Waals surface area contributed by atoms with Gasteiger partial charge in [-0.1, -0.05) is 26.7 Å². The molecule has 0 aromatic rings. The number of rotatable bonds is 6. The predicted molar refractivity (Wildman–Crippen MR) is 53.2 cm³/mol. The summed E-state index contributed by atoms with van der Waals surface area (Å²) in [7, 11) is 0. The van der Waals surface area contributed by atoms with Gasteiger partial charge in [-0.05, 0) is 12.8 Å². The van der Waals surface area contributed by atoms with E-state index in [1.165, 1.54) is 0 Å². The lowest BCUT2D eigenvalue weighted by atomic mass is 9.90. The summed E-state index contributed by atoms with van der Waals surface area (Å²) >= 11 is 0. The second kappa shape index (κ2) is 6.89. The number of hydrogen-bond acceptors (Lipinski definition) is 3. The zero-order chi connectivity index (χ0) is 10.3. The van der Waals surface area contributed by atoms with Crippen LogP contribution in [0.2, 0.25) is 0 Å². The first-order valence-corrected chi connectivity index (χ1v) is 5.04. The Balaban J connectivity index is 4.06. The minimum atomic E-state index is -0.147. The fraction of sp³-hybridized carbons (Fsp3) is 0.900. The molecular formula is C10H21NO2. The third kappa shape index (κ3) is 4.27. The summed E-state index contributed by atoms with van der Waals surface area (Å²) in [4.78, 5) is 11.4. The Kier molecular flexibility index (Phi) is 6.59. The Bertz CT molecular complexity index is 148. The minimum Gasteiger partial charge on any atom is -0.466 e. The quantitative estimate of drug-likeness (QED) is 0.642. The maximum absolute atomic E-state index is 11.4. The molecule has 0 aliphatic rings. The zero-order valence-electron chi connectivity index (χ0n) is 8.88. The molecule has 0 heterocycles. The summed E-state index contributed by atoms with van der Waals surface area (Å²) in [5.41, 5.74) is 5.53. The van der Waals surface area contributed by atoms with Crippen molar-refractivity contribution in [2.45, 2.75) is 33.6 Å². The average Bonchev–Trinajstić information content (AvgIpc) is 2.06. The molecule has 0 saturated carbocycles. The molecule has 0 aromatic heterocycles. The molecule has 2 N–H and O–H groups in total. The lowest BCUT2D eigenvalue weighted by Gasteiger charge is -2.19. The summed E-state index contributed by atoms with van der Waals surface area (Å²) < 4.78 is 4.94. The van der Waals surface area contributed by atoms with Crippen LogP contribution in [0.5, 0.6) is 0 Å². The van der Waals surface area contributed by atoms with Crippen LogP contribution in [-0.2, 0) is 9.53 Å². The summed E-state index contributed by atoms with van der Waals surface area (Å²) in [6.45, 7) is 6.80. The van der Waals surface area contributed by atoms with Crippen LogP contribution in [0.25, 0.3) is 0 Å². The fourth-order valence-electron chi connectivity index (χ4n) is 1.47. The van der Waals surface area contributed by atoms with E-state index in [-0.39, 0.29) is 11.9 Å². The highest BCUT2D eigenvalue weighted by Crippen LogP contribution is 2.17. The summed E-state index contributed by atoms with van der Waals surface area (Å²) in [6, 6.07) is 0. The Morgan fingerprint density at radius 2 is 2.08 bits per heavy atom. The number of esters is 1. The van der Waals surface area contributed by atoms with Crippen molar-refractivity contribution in [1.82, 2.24) is 0 Å². The van der Waals surface area contributed by atoms with Gasteiger partial charge in [0.05, 0.1) is 12.5 Å². The van der Waals surface area contributed by atoms with Crippen LogP contribution in [0.4, 0.5) is 0 Å². The Morgan fingerprint density at radius 1 is 1.46 bits per heavy atom. The SMILES string of the molecule is CCCC(C)C(CN)C(=O)OCC. The van der Waals surface area contributed by atoms with Gasteiger partial charge >= 0.3 is 5.97 Å². The van der Waals surface area contributed by atoms with Gasteiger partial charge in [-0.25, -0.2) is 0 Å². The molecule has 0 fully saturated rings. The molecule has 3 nitrogen and oxygen atoms in total. The molecule has 2 atom stereocenters. The van der Waals surface area contributed by atoms with Crippen LogP contribution in [0, 0.1) is 11.8 Å². The molecule has 0 aliphatic carbocycles. The highest BCUT2D eigenvalue weighted by atomic mass is 16.5. The van der Waals surface area contributed by atoms with E-state index in [1.54, 1.807) is 0 Å². The molecule has 78 valence electrons. The van der Waals surface area contributed by atoms with Crippen molar-refractivity contribution < 1.29 is 9.53 Å². The fourth-order valence-corrected chi connectivity index (χ4v) is 1.47. The smallest absolute Gasteiger partial charge is 0.310 e. The summed E-state index contributed by atoms with van der Waals surface area (Å²) in [5, 5.41) is 0. The molecule has 2 unspecified atom stereocenters. The first kappa shape index (κ1) is 12.4. The second-order valence-corrected chi connectivity index (χ2v) is 3.36. The van der Waals surface area contributed by atoms with Gasteiger partial charge in [0.1, 0.15) is 0 Å². The van der Waals surface area contributed by atoms with E-state index in [1.807, 2.05) is 6.92 Å². The lowest BCUT2D eigenvalue weighted by molar-refractivity contribution is -0.149. The standard InChI is InChI=1S/C10H21NO2/c1-4-6-8(3)9(7-11)10(12)13-5-2/h8-9H,4-7,11H2,1-3H3. The first-order chi connectivity index (χ1) is 6.17. The minimum absolute atomic E-state index is 0.125. The topological polar surface area (TPSA) is 52.3 Å². The molecule has 13 heavy (non-hydrogen) atoms. The highest BCUT2D eigenvalue weighted by Gasteiger charge is 2.23. The maximum atomic E-state index is 11.4. The van der Waals surface area contributed by atoms with Gasteiger partial charge in [-0.15, -0.1) is 0 Å². The van der Waals surface area contributed by atoms with E-state index in [9.17, 15) is 4.79 Å². The van der Waals surface area contributed by atoms with Crippen molar-refractivity contribution in [3.63, 3.8) is 0 Å². The van der Waals surface area contributed by atoms with E-state index in [0.717, 1.165) is 12.8 Å². The number of nitrogens with two attached hydrogens (primary N) is 1. The monoisotopic (exact) mass is 187 g/mol. The van der Waals surface area contributed by atoms with E-state index >= 15 is 0 Å². The van der Waals surface area contributed by atoms with Crippen LogP contribution in [0.3, 0.4) is 0 Å². The van der Waals surface area contributed by atoms with Crippen LogP contribution in [0.15, 0.2) is 0 Å². The van der Waals surface area contributed by atoms with Crippen molar-refractivity contribution >= 4 is 5.97 Å². The summed E-state index contributed by atoms with van der Waals surface area (Å²) in [5.74, 6) is 0.0555. The largest absolute Gasteiger partial charge is 0.466 e. The molecular weight excluding hydrogens is 166 g/mol. The van der Waals surface area contributed by atoms with E-state index in [4.69, 9.17) is 10.5 Å². The van der Waals surface area contributed by atoms with Crippen LogP contribution < -0.4 is 5.73 Å². The van der Waals surface area contributed by atoms with E-state index < -0.39 is 0 Å². The van der Waals surface area contributed by atoms with Gasteiger partial charge < -0.3 is 10.5 Å². The van der Waals surface area contributed by atoms with Crippen molar-refractivity contribution in [1.29, 1.82) is 0 Å². The average molecular weight is 187 g/mol. The highest BCUT2D eigenvalue weighted by molar-refractivity contribution is 5.72. The molecule has 0 bridgehead atoms. The zero-order valence-corrected chi connectivity index (χ0v) is 8.88. The van der Waals surface area contributed by atoms with Crippen LogP contribution in [-0.4, -0.2) is 19.1 Å².